The quantitative estimate of drug-likeness (QED) is 0.754. The Labute approximate surface area is 167 Å². The highest BCUT2D eigenvalue weighted by Crippen LogP contribution is 2.24. The van der Waals surface area contributed by atoms with Crippen LogP contribution >= 0.6 is 11.3 Å². The van der Waals surface area contributed by atoms with E-state index >= 15 is 0 Å². The third-order valence-electron chi connectivity index (χ3n) is 4.30. The molecule has 3 amide bonds. The number of thiophene rings is 1. The second-order valence-corrected chi connectivity index (χ2v) is 7.81. The summed E-state index contributed by atoms with van der Waals surface area (Å²) in [7, 11) is 0. The number of carbonyl (C=O) groups excluding carboxylic acids is 3. The number of hydrogen-bond acceptors (Lipinski definition) is 5. The molecular weight excluding hydrogens is 378 g/mol. The fourth-order valence-electron chi connectivity index (χ4n) is 2.95. The van der Waals surface area contributed by atoms with Crippen molar-refractivity contribution in [1.29, 1.82) is 0 Å². The number of anilines is 1. The molecule has 0 radical (unpaired) electrons. The number of nitrogens with one attached hydrogen (secondary N) is 2. The number of hydrogen-bond donors (Lipinski definition) is 2. The van der Waals surface area contributed by atoms with Crippen molar-refractivity contribution in [2.45, 2.75) is 32.9 Å². The maximum Gasteiger partial charge on any atom is 0.340 e. The third-order valence-corrected chi connectivity index (χ3v) is 5.33. The average molecular weight is 401 g/mol. The molecule has 0 saturated carbocycles. The summed E-state index contributed by atoms with van der Waals surface area (Å²) in [4.78, 5) is 39.8. The van der Waals surface area contributed by atoms with E-state index in [9.17, 15) is 14.4 Å². The van der Waals surface area contributed by atoms with Crippen LogP contribution < -0.4 is 10.6 Å². The minimum atomic E-state index is -0.651. The Bertz CT molecular complexity index is 878. The number of fused-ring (bicyclic) bond motifs is 1. The first-order valence-electron chi connectivity index (χ1n) is 9.10. The Morgan fingerprint density at radius 1 is 1.21 bits per heavy atom. The molecule has 3 rings (SSSR count). The molecule has 1 aromatic carbocycles. The molecule has 148 valence electrons. The fourth-order valence-corrected chi connectivity index (χ4v) is 3.84. The lowest BCUT2D eigenvalue weighted by molar-refractivity contribution is -0.135. The first-order valence-corrected chi connectivity index (χ1v) is 9.98. The van der Waals surface area contributed by atoms with Crippen molar-refractivity contribution in [3.63, 3.8) is 0 Å². The van der Waals surface area contributed by atoms with Crippen LogP contribution in [-0.4, -0.2) is 42.0 Å². The lowest BCUT2D eigenvalue weighted by Crippen LogP contribution is -2.38. The van der Waals surface area contributed by atoms with Gasteiger partial charge in [0.15, 0.2) is 6.61 Å². The Balaban J connectivity index is 1.58. The summed E-state index contributed by atoms with van der Waals surface area (Å²) in [5.41, 5.74) is 1.69. The van der Waals surface area contributed by atoms with Gasteiger partial charge in [-0.15, -0.1) is 11.3 Å². The number of benzene rings is 1. The molecule has 8 heteroatoms. The zero-order chi connectivity index (χ0) is 20.1. The minimum absolute atomic E-state index is 0.0370. The molecule has 0 atom stereocenters. The van der Waals surface area contributed by atoms with Crippen LogP contribution in [0, 0.1) is 0 Å². The van der Waals surface area contributed by atoms with Crippen molar-refractivity contribution < 1.29 is 19.1 Å². The molecule has 0 fully saturated rings. The van der Waals surface area contributed by atoms with Crippen LogP contribution in [0.4, 0.5) is 10.5 Å². The highest BCUT2D eigenvalue weighted by Gasteiger charge is 2.23. The number of urea groups is 1. The summed E-state index contributed by atoms with van der Waals surface area (Å²) in [5, 5.41) is 7.36. The van der Waals surface area contributed by atoms with E-state index < -0.39 is 12.0 Å². The average Bonchev–Trinajstić information content (AvgIpc) is 3.13. The summed E-state index contributed by atoms with van der Waals surface area (Å²) in [6, 6.07) is 8.12. The molecule has 0 saturated heterocycles. The second kappa shape index (κ2) is 8.88. The van der Waals surface area contributed by atoms with Gasteiger partial charge in [0.2, 0.25) is 0 Å². The van der Waals surface area contributed by atoms with Gasteiger partial charge in [-0.1, -0.05) is 12.1 Å². The summed E-state index contributed by atoms with van der Waals surface area (Å²) < 4.78 is 5.22. The maximum absolute atomic E-state index is 12.5. The van der Waals surface area contributed by atoms with Gasteiger partial charge in [0, 0.05) is 24.0 Å². The van der Waals surface area contributed by atoms with E-state index in [1.165, 1.54) is 4.88 Å². The van der Waals surface area contributed by atoms with E-state index in [4.69, 9.17) is 4.74 Å². The molecule has 0 unspecified atom stereocenters. The van der Waals surface area contributed by atoms with Gasteiger partial charge in [-0.25, -0.2) is 9.59 Å². The number of esters is 1. The maximum atomic E-state index is 12.5. The van der Waals surface area contributed by atoms with Crippen LogP contribution in [0.5, 0.6) is 0 Å². The van der Waals surface area contributed by atoms with Crippen LogP contribution in [-0.2, 0) is 22.5 Å². The lowest BCUT2D eigenvalue weighted by atomic mass is 10.1. The van der Waals surface area contributed by atoms with Gasteiger partial charge in [-0.3, -0.25) is 4.79 Å². The van der Waals surface area contributed by atoms with Gasteiger partial charge in [0.05, 0.1) is 11.3 Å². The highest BCUT2D eigenvalue weighted by molar-refractivity contribution is 7.10. The smallest absolute Gasteiger partial charge is 0.340 e. The largest absolute Gasteiger partial charge is 0.452 e. The van der Waals surface area contributed by atoms with Crippen molar-refractivity contribution in [3.8, 4) is 0 Å². The van der Waals surface area contributed by atoms with Gasteiger partial charge in [-0.2, -0.15) is 0 Å². The Morgan fingerprint density at radius 2 is 2.00 bits per heavy atom. The number of amides is 3. The second-order valence-electron chi connectivity index (χ2n) is 6.81. The number of para-hydroxylation sites is 1. The van der Waals surface area contributed by atoms with Gasteiger partial charge in [0.25, 0.3) is 5.91 Å². The monoisotopic (exact) mass is 401 g/mol. The number of nitrogens with zero attached hydrogens (tertiary/aromatic N) is 1. The Kier molecular flexibility index (Phi) is 6.30. The van der Waals surface area contributed by atoms with Crippen molar-refractivity contribution >= 4 is 34.9 Å². The number of carbonyl (C=O) groups is 3. The predicted octanol–water partition coefficient (Wildman–Crippen LogP) is 3.02. The van der Waals surface area contributed by atoms with Crippen LogP contribution in [0.15, 0.2) is 35.7 Å². The molecule has 1 aliphatic rings. The van der Waals surface area contributed by atoms with E-state index in [2.05, 4.69) is 10.6 Å². The van der Waals surface area contributed by atoms with Gasteiger partial charge < -0.3 is 20.3 Å². The van der Waals surface area contributed by atoms with Gasteiger partial charge in [0.1, 0.15) is 0 Å². The van der Waals surface area contributed by atoms with Crippen LogP contribution in [0.3, 0.4) is 0 Å². The molecular formula is C20H23N3O4S. The number of rotatable bonds is 5. The van der Waals surface area contributed by atoms with E-state index in [1.54, 1.807) is 40.5 Å². The summed E-state index contributed by atoms with van der Waals surface area (Å²) in [6.45, 7) is 4.51. The fraction of sp³-hybridized carbons (Fsp3) is 0.350. The topological polar surface area (TPSA) is 87.7 Å². The standard InChI is InChI=1S/C20H23N3O4S/c1-13(2)21-20(26)22-16-6-4-3-5-15(16)19(25)27-12-18(24)23-9-7-17-14(11-23)8-10-28-17/h3-6,8,10,13H,7,9,11-12H2,1-2H3,(H2,21,22,26). The van der Waals surface area contributed by atoms with E-state index in [0.29, 0.717) is 18.8 Å². The summed E-state index contributed by atoms with van der Waals surface area (Å²) >= 11 is 1.70. The number of ether oxygens (including phenoxy) is 1. The lowest BCUT2D eigenvalue weighted by Gasteiger charge is -2.26. The summed E-state index contributed by atoms with van der Waals surface area (Å²) in [6.07, 6.45) is 0.824. The van der Waals surface area contributed by atoms with Crippen molar-refractivity contribution in [3.05, 3.63) is 51.7 Å². The third kappa shape index (κ3) is 4.89. The molecule has 0 spiro atoms. The normalized spacial score (nSPS) is 13.0. The molecule has 1 aromatic heterocycles. The summed E-state index contributed by atoms with van der Waals surface area (Å²) in [5.74, 6) is -0.879. The van der Waals surface area contributed by atoms with Crippen molar-refractivity contribution in [2.75, 3.05) is 18.5 Å². The van der Waals surface area contributed by atoms with Crippen molar-refractivity contribution in [1.82, 2.24) is 10.2 Å². The molecule has 0 bridgehead atoms. The molecule has 0 aliphatic carbocycles. The Hall–Kier alpha value is -2.87. The van der Waals surface area contributed by atoms with Gasteiger partial charge in [-0.05, 0) is 49.4 Å². The zero-order valence-electron chi connectivity index (χ0n) is 15.9. The molecule has 2 N–H and O–H groups in total. The van der Waals surface area contributed by atoms with Gasteiger partial charge >= 0.3 is 12.0 Å². The Morgan fingerprint density at radius 3 is 2.79 bits per heavy atom. The first kappa shape index (κ1) is 19.9. The van der Waals surface area contributed by atoms with E-state index in [1.807, 2.05) is 25.3 Å². The SMILES string of the molecule is CC(C)NC(=O)Nc1ccccc1C(=O)OCC(=O)N1CCc2sccc2C1. The van der Waals surface area contributed by atoms with Crippen molar-refractivity contribution in [2.24, 2.45) is 0 Å². The van der Waals surface area contributed by atoms with Crippen LogP contribution in [0.2, 0.25) is 0 Å². The van der Waals surface area contributed by atoms with Crippen LogP contribution in [0.1, 0.15) is 34.6 Å². The molecule has 2 aromatic rings. The predicted molar refractivity (Wildman–Crippen MR) is 107 cm³/mol. The van der Waals surface area contributed by atoms with Crippen LogP contribution in [0.25, 0.3) is 0 Å². The first-order chi connectivity index (χ1) is 13.4. The highest BCUT2D eigenvalue weighted by atomic mass is 32.1. The zero-order valence-corrected chi connectivity index (χ0v) is 16.7. The van der Waals surface area contributed by atoms with E-state index in [0.717, 1.165) is 12.0 Å². The minimum Gasteiger partial charge on any atom is -0.452 e. The molecule has 28 heavy (non-hydrogen) atoms. The van der Waals surface area contributed by atoms with E-state index in [-0.39, 0.29) is 24.1 Å². The molecule has 1 aliphatic heterocycles. The molecule has 7 nitrogen and oxygen atoms in total. The molecule has 2 heterocycles.